The van der Waals surface area contributed by atoms with Crippen LogP contribution in [0.3, 0.4) is 0 Å². The monoisotopic (exact) mass is 325 g/mol. The maximum absolute atomic E-state index is 11.5. The van der Waals surface area contributed by atoms with Gasteiger partial charge in [-0.2, -0.15) is 0 Å². The van der Waals surface area contributed by atoms with Crippen LogP contribution >= 0.6 is 0 Å². The molecule has 1 amide bonds. The number of hydrogen-bond donors (Lipinski definition) is 1. The molecular formula is C13H15N3O5S. The minimum atomic E-state index is -3.05. The Morgan fingerprint density at radius 3 is 2.50 bits per heavy atom. The zero-order valence-electron chi connectivity index (χ0n) is 11.7. The van der Waals surface area contributed by atoms with Crippen LogP contribution in [0.4, 0.5) is 17.1 Å². The van der Waals surface area contributed by atoms with E-state index in [4.69, 9.17) is 0 Å². The number of nitro groups is 1. The molecule has 2 aliphatic heterocycles. The first-order valence-corrected chi connectivity index (χ1v) is 8.74. The van der Waals surface area contributed by atoms with Crippen molar-refractivity contribution in [3.05, 3.63) is 27.8 Å². The Labute approximate surface area is 127 Å². The van der Waals surface area contributed by atoms with Gasteiger partial charge in [0.25, 0.3) is 5.69 Å². The Hall–Kier alpha value is -2.16. The highest BCUT2D eigenvalue weighted by molar-refractivity contribution is 7.91. The van der Waals surface area contributed by atoms with Crippen molar-refractivity contribution in [3.63, 3.8) is 0 Å². The van der Waals surface area contributed by atoms with Gasteiger partial charge in [0.1, 0.15) is 5.69 Å². The summed E-state index contributed by atoms with van der Waals surface area (Å²) in [4.78, 5) is 23.9. The van der Waals surface area contributed by atoms with E-state index in [1.165, 1.54) is 6.07 Å². The summed E-state index contributed by atoms with van der Waals surface area (Å²) in [5.74, 6) is -0.158. The van der Waals surface area contributed by atoms with Crippen LogP contribution in [0.5, 0.6) is 0 Å². The lowest BCUT2D eigenvalue weighted by Gasteiger charge is -2.29. The van der Waals surface area contributed by atoms with Crippen LogP contribution in [-0.4, -0.2) is 43.8 Å². The van der Waals surface area contributed by atoms with Crippen LogP contribution in [0.15, 0.2) is 12.1 Å². The molecule has 0 saturated carbocycles. The summed E-state index contributed by atoms with van der Waals surface area (Å²) in [7, 11) is -3.05. The molecule has 0 bridgehead atoms. The molecule has 1 saturated heterocycles. The van der Waals surface area contributed by atoms with E-state index in [9.17, 15) is 23.3 Å². The van der Waals surface area contributed by atoms with E-state index >= 15 is 0 Å². The highest BCUT2D eigenvalue weighted by Gasteiger charge is 2.29. The quantitative estimate of drug-likeness (QED) is 0.633. The Balaban J connectivity index is 2.00. The summed E-state index contributed by atoms with van der Waals surface area (Å²) in [6, 6.07) is 3.07. The van der Waals surface area contributed by atoms with Gasteiger partial charge in [0, 0.05) is 25.6 Å². The molecule has 0 unspecified atom stereocenters. The van der Waals surface area contributed by atoms with Crippen molar-refractivity contribution in [2.75, 3.05) is 34.8 Å². The van der Waals surface area contributed by atoms with E-state index in [1.807, 2.05) is 0 Å². The minimum Gasteiger partial charge on any atom is -0.364 e. The molecule has 22 heavy (non-hydrogen) atoms. The van der Waals surface area contributed by atoms with Crippen LogP contribution < -0.4 is 10.2 Å². The fourth-order valence-corrected chi connectivity index (χ4v) is 3.96. The van der Waals surface area contributed by atoms with Crippen LogP contribution in [0.25, 0.3) is 0 Å². The number of hydrogen-bond acceptors (Lipinski definition) is 6. The average Bonchev–Trinajstić information content (AvgIpc) is 2.46. The number of nitro benzene ring substituents is 1. The SMILES string of the molecule is O=C1CCc2cc(N3CCS(=O)(=O)CC3)c([N+](=O)[O-])cc2N1. The summed E-state index contributed by atoms with van der Waals surface area (Å²) in [5, 5.41) is 13.9. The zero-order chi connectivity index (χ0) is 15.9. The minimum absolute atomic E-state index is 0.00201. The van der Waals surface area contributed by atoms with E-state index in [1.54, 1.807) is 11.0 Å². The molecule has 0 aliphatic carbocycles. The summed E-state index contributed by atoms with van der Waals surface area (Å²) in [5.41, 5.74) is 1.63. The number of carbonyl (C=O) groups is 1. The molecule has 9 heteroatoms. The zero-order valence-corrected chi connectivity index (χ0v) is 12.6. The van der Waals surface area contributed by atoms with Gasteiger partial charge < -0.3 is 10.2 Å². The summed E-state index contributed by atoms with van der Waals surface area (Å²) < 4.78 is 23.0. The molecule has 0 radical (unpaired) electrons. The number of fused-ring (bicyclic) bond motifs is 1. The van der Waals surface area contributed by atoms with Crippen LogP contribution in [-0.2, 0) is 21.1 Å². The van der Waals surface area contributed by atoms with Crippen LogP contribution in [0, 0.1) is 10.1 Å². The largest absolute Gasteiger partial charge is 0.364 e. The first kappa shape index (κ1) is 14.8. The molecule has 0 atom stereocenters. The van der Waals surface area contributed by atoms with E-state index in [2.05, 4.69) is 5.32 Å². The van der Waals surface area contributed by atoms with Crippen molar-refractivity contribution in [3.8, 4) is 0 Å². The van der Waals surface area contributed by atoms with Gasteiger partial charge in [0.05, 0.1) is 22.1 Å². The highest BCUT2D eigenvalue weighted by atomic mass is 32.2. The van der Waals surface area contributed by atoms with E-state index in [0.29, 0.717) is 24.2 Å². The number of amides is 1. The van der Waals surface area contributed by atoms with E-state index in [0.717, 1.165) is 5.56 Å². The van der Waals surface area contributed by atoms with E-state index < -0.39 is 14.8 Å². The molecule has 2 heterocycles. The lowest BCUT2D eigenvalue weighted by Crippen LogP contribution is -2.40. The smallest absolute Gasteiger partial charge is 0.294 e. The number of carbonyl (C=O) groups excluding carboxylic acids is 1. The third-order valence-electron chi connectivity index (χ3n) is 3.98. The first-order chi connectivity index (χ1) is 10.4. The lowest BCUT2D eigenvalue weighted by atomic mass is 10.0. The number of nitrogens with zero attached hydrogens (tertiary/aromatic N) is 2. The molecule has 0 aromatic heterocycles. The number of benzene rings is 1. The average molecular weight is 325 g/mol. The standard InChI is InChI=1S/C13H15N3O5S/c17-13-2-1-9-7-11(12(16(18)19)8-10(9)14-13)15-3-5-22(20,21)6-4-15/h7-8H,1-6H2,(H,14,17). The molecule has 2 aliphatic rings. The van der Waals surface area contributed by atoms with Gasteiger partial charge in [-0.3, -0.25) is 14.9 Å². The molecule has 1 aromatic rings. The van der Waals surface area contributed by atoms with E-state index in [-0.39, 0.29) is 36.2 Å². The number of nitrogens with one attached hydrogen (secondary N) is 1. The molecule has 1 aromatic carbocycles. The van der Waals surface area contributed by atoms with Crippen molar-refractivity contribution in [1.29, 1.82) is 0 Å². The fraction of sp³-hybridized carbons (Fsp3) is 0.462. The van der Waals surface area contributed by atoms with Crippen molar-refractivity contribution in [2.45, 2.75) is 12.8 Å². The third kappa shape index (κ3) is 2.76. The predicted molar refractivity (Wildman–Crippen MR) is 80.9 cm³/mol. The van der Waals surface area contributed by atoms with Gasteiger partial charge in [-0.25, -0.2) is 8.42 Å². The predicted octanol–water partition coefficient (Wildman–Crippen LogP) is 0.714. The molecule has 0 spiro atoms. The fourth-order valence-electron chi connectivity index (χ4n) is 2.76. The van der Waals surface area contributed by atoms with Crippen molar-refractivity contribution in [1.82, 2.24) is 0 Å². The first-order valence-electron chi connectivity index (χ1n) is 6.92. The normalized spacial score (nSPS) is 20.2. The summed E-state index contributed by atoms with van der Waals surface area (Å²) in [6.45, 7) is 0.489. The Morgan fingerprint density at radius 1 is 1.18 bits per heavy atom. The van der Waals surface area contributed by atoms with Gasteiger partial charge in [-0.15, -0.1) is 0 Å². The van der Waals surface area contributed by atoms with Crippen molar-refractivity contribution < 1.29 is 18.1 Å². The summed E-state index contributed by atoms with van der Waals surface area (Å²) in [6.07, 6.45) is 0.872. The maximum Gasteiger partial charge on any atom is 0.294 e. The molecule has 1 fully saturated rings. The molecule has 118 valence electrons. The van der Waals surface area contributed by atoms with Gasteiger partial charge in [0.2, 0.25) is 5.91 Å². The third-order valence-corrected chi connectivity index (χ3v) is 5.59. The number of aryl methyl sites for hydroxylation is 1. The lowest BCUT2D eigenvalue weighted by molar-refractivity contribution is -0.384. The number of anilines is 2. The van der Waals surface area contributed by atoms with Gasteiger partial charge >= 0.3 is 0 Å². The van der Waals surface area contributed by atoms with Gasteiger partial charge in [0.15, 0.2) is 9.84 Å². The topological polar surface area (TPSA) is 110 Å². The van der Waals surface area contributed by atoms with Crippen LogP contribution in [0.2, 0.25) is 0 Å². The second kappa shape index (κ2) is 5.24. The van der Waals surface area contributed by atoms with Crippen molar-refractivity contribution >= 4 is 32.8 Å². The maximum atomic E-state index is 11.5. The molecule has 8 nitrogen and oxygen atoms in total. The molecular weight excluding hydrogens is 310 g/mol. The number of rotatable bonds is 2. The number of sulfone groups is 1. The Morgan fingerprint density at radius 2 is 1.86 bits per heavy atom. The summed E-state index contributed by atoms with van der Waals surface area (Å²) >= 11 is 0. The van der Waals surface area contributed by atoms with Gasteiger partial charge in [-0.1, -0.05) is 0 Å². The van der Waals surface area contributed by atoms with Crippen LogP contribution in [0.1, 0.15) is 12.0 Å². The van der Waals surface area contributed by atoms with Gasteiger partial charge in [-0.05, 0) is 18.1 Å². The second-order valence-corrected chi connectivity index (χ2v) is 7.75. The Kier molecular flexibility index (Phi) is 3.51. The van der Waals surface area contributed by atoms with Crippen molar-refractivity contribution in [2.24, 2.45) is 0 Å². The Bertz CT molecular complexity index is 745. The second-order valence-electron chi connectivity index (χ2n) is 5.44. The molecule has 1 N–H and O–H groups in total. The highest BCUT2D eigenvalue weighted by Crippen LogP contribution is 2.36. The molecule has 3 rings (SSSR count).